The van der Waals surface area contributed by atoms with Gasteiger partial charge in [-0.25, -0.2) is 0 Å². The maximum absolute atomic E-state index is 11.6. The molecule has 2 atom stereocenters. The van der Waals surface area contributed by atoms with Gasteiger partial charge in [-0.05, 0) is 24.1 Å². The lowest BCUT2D eigenvalue weighted by Crippen LogP contribution is -2.25. The molecule has 1 aromatic carbocycles. The van der Waals surface area contributed by atoms with Crippen LogP contribution in [0.2, 0.25) is 0 Å². The lowest BCUT2D eigenvalue weighted by Gasteiger charge is -2.05. The number of carboxylic acid groups (broad SMARTS) is 1. The summed E-state index contributed by atoms with van der Waals surface area (Å²) in [6.07, 6.45) is 0.448. The molecule has 0 aromatic heterocycles. The van der Waals surface area contributed by atoms with Crippen molar-refractivity contribution in [2.45, 2.75) is 13.0 Å². The number of carbonyl (C=O) groups is 2. The number of ether oxygens (including phenoxy) is 1. The Morgan fingerprint density at radius 3 is 2.50 bits per heavy atom. The zero-order valence-corrected chi connectivity index (χ0v) is 10.1. The molecule has 5 nitrogen and oxygen atoms in total. The van der Waals surface area contributed by atoms with Crippen molar-refractivity contribution >= 4 is 11.9 Å². The van der Waals surface area contributed by atoms with Crippen LogP contribution in [0.15, 0.2) is 24.3 Å². The molecule has 0 unspecified atom stereocenters. The Kier molecular flexibility index (Phi) is 3.50. The van der Waals surface area contributed by atoms with Crippen LogP contribution >= 0.6 is 0 Å². The van der Waals surface area contributed by atoms with Crippen LogP contribution in [0.3, 0.4) is 0 Å². The minimum absolute atomic E-state index is 0.182. The van der Waals surface area contributed by atoms with Gasteiger partial charge >= 0.3 is 5.97 Å². The maximum Gasteiger partial charge on any atom is 0.307 e. The van der Waals surface area contributed by atoms with E-state index in [0.717, 1.165) is 11.3 Å². The van der Waals surface area contributed by atoms with Crippen LogP contribution in [0, 0.1) is 11.8 Å². The van der Waals surface area contributed by atoms with E-state index in [9.17, 15) is 9.59 Å². The number of nitrogens with one attached hydrogen (secondary N) is 1. The van der Waals surface area contributed by atoms with E-state index in [1.165, 1.54) is 0 Å². The molecule has 2 N–H and O–H groups in total. The summed E-state index contributed by atoms with van der Waals surface area (Å²) in [7, 11) is 1.59. The van der Waals surface area contributed by atoms with E-state index in [0.29, 0.717) is 13.0 Å². The maximum atomic E-state index is 11.6. The second kappa shape index (κ2) is 5.08. The SMILES string of the molecule is COc1ccc(CNC(=O)[C@@H]2C[C@@H]2C(=O)O)cc1. The van der Waals surface area contributed by atoms with Crippen molar-refractivity contribution in [2.75, 3.05) is 7.11 Å². The molecule has 0 bridgehead atoms. The number of hydrogen-bond donors (Lipinski definition) is 2. The van der Waals surface area contributed by atoms with Crippen molar-refractivity contribution in [1.29, 1.82) is 0 Å². The summed E-state index contributed by atoms with van der Waals surface area (Å²) in [5.41, 5.74) is 0.955. The third-order valence-electron chi connectivity index (χ3n) is 3.07. The smallest absolute Gasteiger partial charge is 0.307 e. The van der Waals surface area contributed by atoms with Crippen LogP contribution < -0.4 is 10.1 Å². The number of carboxylic acids is 1. The number of methoxy groups -OCH3 is 1. The van der Waals surface area contributed by atoms with Gasteiger partial charge in [-0.2, -0.15) is 0 Å². The number of rotatable bonds is 5. The van der Waals surface area contributed by atoms with Gasteiger partial charge in [0, 0.05) is 6.54 Å². The first kappa shape index (κ1) is 12.4. The van der Waals surface area contributed by atoms with Gasteiger partial charge in [-0.1, -0.05) is 12.1 Å². The van der Waals surface area contributed by atoms with Crippen molar-refractivity contribution in [2.24, 2.45) is 11.8 Å². The Morgan fingerprint density at radius 2 is 2.00 bits per heavy atom. The average molecular weight is 249 g/mol. The number of amides is 1. The molecule has 0 heterocycles. The fraction of sp³-hybridized carbons (Fsp3) is 0.385. The van der Waals surface area contributed by atoms with Crippen molar-refractivity contribution in [3.05, 3.63) is 29.8 Å². The van der Waals surface area contributed by atoms with E-state index in [1.54, 1.807) is 7.11 Å². The highest BCUT2D eigenvalue weighted by Crippen LogP contribution is 2.38. The Labute approximate surface area is 105 Å². The van der Waals surface area contributed by atoms with Gasteiger partial charge in [0.2, 0.25) is 5.91 Å². The molecule has 0 saturated heterocycles. The summed E-state index contributed by atoms with van der Waals surface area (Å²) in [4.78, 5) is 22.2. The standard InChI is InChI=1S/C13H15NO4/c1-18-9-4-2-8(3-5-9)7-14-12(15)10-6-11(10)13(16)17/h2-5,10-11H,6-7H2,1H3,(H,14,15)(H,16,17)/t10-,11+/m1/s1. The van der Waals surface area contributed by atoms with Gasteiger partial charge in [-0.15, -0.1) is 0 Å². The van der Waals surface area contributed by atoms with E-state index < -0.39 is 11.9 Å². The van der Waals surface area contributed by atoms with Crippen LogP contribution in [0.5, 0.6) is 5.75 Å². The molecule has 2 rings (SSSR count). The number of hydrogen-bond acceptors (Lipinski definition) is 3. The second-order valence-corrected chi connectivity index (χ2v) is 4.35. The van der Waals surface area contributed by atoms with Gasteiger partial charge < -0.3 is 15.2 Å². The van der Waals surface area contributed by atoms with E-state index in [1.807, 2.05) is 24.3 Å². The van der Waals surface area contributed by atoms with Gasteiger partial charge in [0.15, 0.2) is 0 Å². The zero-order valence-electron chi connectivity index (χ0n) is 10.1. The molecular formula is C13H15NO4. The van der Waals surface area contributed by atoms with Gasteiger partial charge in [0.05, 0.1) is 18.9 Å². The first-order chi connectivity index (χ1) is 8.61. The molecule has 0 radical (unpaired) electrons. The van der Waals surface area contributed by atoms with Gasteiger partial charge in [0.1, 0.15) is 5.75 Å². The normalized spacial score (nSPS) is 21.2. The monoisotopic (exact) mass is 249 g/mol. The molecule has 18 heavy (non-hydrogen) atoms. The number of aliphatic carboxylic acids is 1. The van der Waals surface area contributed by atoms with E-state index in [4.69, 9.17) is 9.84 Å². The first-order valence-corrected chi connectivity index (χ1v) is 5.75. The highest BCUT2D eigenvalue weighted by molar-refractivity contribution is 5.89. The lowest BCUT2D eigenvalue weighted by atomic mass is 10.2. The van der Waals surface area contributed by atoms with Gasteiger partial charge in [0.25, 0.3) is 0 Å². The molecule has 1 aromatic rings. The summed E-state index contributed by atoms with van der Waals surface area (Å²) in [6, 6.07) is 7.36. The van der Waals surface area contributed by atoms with Crippen LogP contribution in [0.1, 0.15) is 12.0 Å². The Hall–Kier alpha value is -2.04. The summed E-state index contributed by atoms with van der Waals surface area (Å²) in [6.45, 7) is 0.408. The number of carbonyl (C=O) groups excluding carboxylic acids is 1. The average Bonchev–Trinajstić information content (AvgIpc) is 3.17. The second-order valence-electron chi connectivity index (χ2n) is 4.35. The molecule has 5 heteroatoms. The largest absolute Gasteiger partial charge is 0.497 e. The first-order valence-electron chi connectivity index (χ1n) is 5.75. The fourth-order valence-electron chi connectivity index (χ4n) is 1.82. The minimum atomic E-state index is -0.889. The van der Waals surface area contributed by atoms with Crippen molar-refractivity contribution in [3.8, 4) is 5.75 Å². The summed E-state index contributed by atoms with van der Waals surface area (Å²) in [5, 5.41) is 11.5. The third kappa shape index (κ3) is 2.80. The Morgan fingerprint density at radius 1 is 1.33 bits per heavy atom. The highest BCUT2D eigenvalue weighted by atomic mass is 16.5. The fourth-order valence-corrected chi connectivity index (χ4v) is 1.82. The predicted octanol–water partition coefficient (Wildman–Crippen LogP) is 1.03. The Bertz CT molecular complexity index is 455. The molecule has 1 saturated carbocycles. The van der Waals surface area contributed by atoms with E-state index >= 15 is 0 Å². The third-order valence-corrected chi connectivity index (χ3v) is 3.07. The van der Waals surface area contributed by atoms with Gasteiger partial charge in [-0.3, -0.25) is 9.59 Å². The van der Waals surface area contributed by atoms with Crippen molar-refractivity contribution in [1.82, 2.24) is 5.32 Å². The molecular weight excluding hydrogens is 234 g/mol. The molecule has 1 amide bonds. The lowest BCUT2D eigenvalue weighted by molar-refractivity contribution is -0.140. The highest BCUT2D eigenvalue weighted by Gasteiger charge is 2.48. The summed E-state index contributed by atoms with van der Waals surface area (Å²) >= 11 is 0. The molecule has 96 valence electrons. The van der Waals surface area contributed by atoms with Crippen molar-refractivity contribution in [3.63, 3.8) is 0 Å². The molecule has 1 fully saturated rings. The molecule has 0 spiro atoms. The number of benzene rings is 1. The Balaban J connectivity index is 1.81. The van der Waals surface area contributed by atoms with Crippen LogP contribution in [-0.4, -0.2) is 24.1 Å². The quantitative estimate of drug-likeness (QED) is 0.817. The summed E-state index contributed by atoms with van der Waals surface area (Å²) in [5.74, 6) is -1.17. The molecule has 1 aliphatic rings. The van der Waals surface area contributed by atoms with Crippen LogP contribution in [0.25, 0.3) is 0 Å². The molecule has 0 aliphatic heterocycles. The predicted molar refractivity (Wildman–Crippen MR) is 64.1 cm³/mol. The summed E-state index contributed by atoms with van der Waals surface area (Å²) < 4.78 is 5.03. The van der Waals surface area contributed by atoms with Crippen LogP contribution in [0.4, 0.5) is 0 Å². The van der Waals surface area contributed by atoms with Crippen LogP contribution in [-0.2, 0) is 16.1 Å². The zero-order chi connectivity index (χ0) is 13.1. The topological polar surface area (TPSA) is 75.6 Å². The molecule has 1 aliphatic carbocycles. The van der Waals surface area contributed by atoms with E-state index in [2.05, 4.69) is 5.32 Å². The minimum Gasteiger partial charge on any atom is -0.497 e. The van der Waals surface area contributed by atoms with E-state index in [-0.39, 0.29) is 11.8 Å². The van der Waals surface area contributed by atoms with Crippen molar-refractivity contribution < 1.29 is 19.4 Å².